The van der Waals surface area contributed by atoms with Gasteiger partial charge in [0.1, 0.15) is 6.33 Å². The second-order valence-electron chi connectivity index (χ2n) is 6.65. The molecule has 0 aliphatic heterocycles. The van der Waals surface area contributed by atoms with Gasteiger partial charge in [-0.1, -0.05) is 43.8 Å². The van der Waals surface area contributed by atoms with Gasteiger partial charge in [0.2, 0.25) is 11.1 Å². The zero-order valence-corrected chi connectivity index (χ0v) is 16.8. The first-order valence-corrected chi connectivity index (χ1v) is 9.91. The fraction of sp³-hybridized carbons (Fsp3) is 0.238. The molecule has 0 saturated heterocycles. The minimum Gasteiger partial charge on any atom is -0.326 e. The van der Waals surface area contributed by atoms with E-state index in [4.69, 9.17) is 0 Å². The molecule has 0 saturated carbocycles. The molecule has 3 rings (SSSR count). The van der Waals surface area contributed by atoms with E-state index in [1.54, 1.807) is 35.3 Å². The van der Waals surface area contributed by atoms with Crippen molar-refractivity contribution < 1.29 is 9.59 Å². The van der Waals surface area contributed by atoms with E-state index in [9.17, 15) is 9.59 Å². The molecule has 1 aromatic heterocycles. The SMILES string of the molecule is CC(C)C(=O)Nc1ccc(C(=O)C(C)Sc2ncn(-c3ccccc3)n2)cc1. The average molecular weight is 395 g/mol. The maximum Gasteiger partial charge on any atom is 0.226 e. The Kier molecular flexibility index (Phi) is 6.26. The van der Waals surface area contributed by atoms with Gasteiger partial charge in [-0.05, 0) is 43.3 Å². The third-order valence-corrected chi connectivity index (χ3v) is 5.07. The summed E-state index contributed by atoms with van der Waals surface area (Å²) in [6, 6.07) is 16.6. The number of amides is 1. The Morgan fingerprint density at radius 3 is 2.32 bits per heavy atom. The number of thioether (sulfide) groups is 1. The number of hydrogen-bond acceptors (Lipinski definition) is 5. The Bertz CT molecular complexity index is 952. The lowest BCUT2D eigenvalue weighted by molar-refractivity contribution is -0.118. The van der Waals surface area contributed by atoms with Gasteiger partial charge in [-0.2, -0.15) is 0 Å². The van der Waals surface area contributed by atoms with Gasteiger partial charge in [0.15, 0.2) is 5.78 Å². The number of Topliss-reactive ketones (excluding diaryl/α,β-unsaturated/α-hetero) is 1. The molecule has 1 N–H and O–H groups in total. The standard InChI is InChI=1S/C21H22N4O2S/c1-14(2)20(27)23-17-11-9-16(10-12-17)19(26)15(3)28-21-22-13-25(24-21)18-7-5-4-6-8-18/h4-15H,1-3H3,(H,23,27). The fourth-order valence-corrected chi connectivity index (χ4v) is 3.26. The molecule has 7 heteroatoms. The molecule has 0 fully saturated rings. The summed E-state index contributed by atoms with van der Waals surface area (Å²) in [6.07, 6.45) is 1.64. The van der Waals surface area contributed by atoms with Gasteiger partial charge in [-0.15, -0.1) is 5.10 Å². The molecule has 1 amide bonds. The zero-order valence-electron chi connectivity index (χ0n) is 16.0. The predicted octanol–water partition coefficient (Wildman–Crippen LogP) is 4.23. The largest absolute Gasteiger partial charge is 0.326 e. The van der Waals surface area contributed by atoms with Gasteiger partial charge in [-0.3, -0.25) is 9.59 Å². The van der Waals surface area contributed by atoms with Crippen molar-refractivity contribution in [1.29, 1.82) is 0 Å². The van der Waals surface area contributed by atoms with Crippen LogP contribution in [0.15, 0.2) is 66.1 Å². The summed E-state index contributed by atoms with van der Waals surface area (Å²) < 4.78 is 1.69. The van der Waals surface area contributed by atoms with Crippen molar-refractivity contribution in [2.75, 3.05) is 5.32 Å². The smallest absolute Gasteiger partial charge is 0.226 e. The molecule has 6 nitrogen and oxygen atoms in total. The molecule has 0 aliphatic rings. The molecule has 1 heterocycles. The highest BCUT2D eigenvalue weighted by molar-refractivity contribution is 8.00. The highest BCUT2D eigenvalue weighted by Crippen LogP contribution is 2.23. The van der Waals surface area contributed by atoms with E-state index >= 15 is 0 Å². The first kappa shape index (κ1) is 19.8. The number of hydrogen-bond donors (Lipinski definition) is 1. The van der Waals surface area contributed by atoms with Crippen molar-refractivity contribution in [2.45, 2.75) is 31.2 Å². The van der Waals surface area contributed by atoms with Gasteiger partial charge in [0.25, 0.3) is 0 Å². The number of para-hydroxylation sites is 1. The second-order valence-corrected chi connectivity index (χ2v) is 7.96. The van der Waals surface area contributed by atoms with Crippen molar-refractivity contribution in [3.05, 3.63) is 66.5 Å². The van der Waals surface area contributed by atoms with Crippen LogP contribution in [0.1, 0.15) is 31.1 Å². The Morgan fingerprint density at radius 1 is 1.00 bits per heavy atom. The first-order valence-electron chi connectivity index (χ1n) is 9.03. The number of aromatic nitrogens is 3. The Morgan fingerprint density at radius 2 is 1.68 bits per heavy atom. The number of benzene rings is 2. The van der Waals surface area contributed by atoms with Crippen molar-refractivity contribution in [1.82, 2.24) is 14.8 Å². The van der Waals surface area contributed by atoms with Gasteiger partial charge in [0, 0.05) is 17.2 Å². The quantitative estimate of drug-likeness (QED) is 0.479. The van der Waals surface area contributed by atoms with Crippen LogP contribution in [-0.4, -0.2) is 31.7 Å². The highest BCUT2D eigenvalue weighted by atomic mass is 32.2. The van der Waals surface area contributed by atoms with Gasteiger partial charge in [0.05, 0.1) is 10.9 Å². The van der Waals surface area contributed by atoms with Crippen LogP contribution in [0, 0.1) is 5.92 Å². The number of carbonyl (C=O) groups excluding carboxylic acids is 2. The summed E-state index contributed by atoms with van der Waals surface area (Å²) in [5.74, 6) is -0.160. The zero-order chi connectivity index (χ0) is 20.1. The van der Waals surface area contributed by atoms with E-state index in [2.05, 4.69) is 15.4 Å². The number of nitrogens with zero attached hydrogens (tertiary/aromatic N) is 3. The van der Waals surface area contributed by atoms with Crippen molar-refractivity contribution >= 4 is 29.1 Å². The molecule has 1 unspecified atom stereocenters. The summed E-state index contributed by atoms with van der Waals surface area (Å²) in [7, 11) is 0. The Labute approximate surface area is 168 Å². The van der Waals surface area contributed by atoms with Gasteiger partial charge in [-0.25, -0.2) is 9.67 Å². The van der Waals surface area contributed by atoms with Crippen LogP contribution in [0.2, 0.25) is 0 Å². The molecule has 0 bridgehead atoms. The molecule has 28 heavy (non-hydrogen) atoms. The summed E-state index contributed by atoms with van der Waals surface area (Å²) in [6.45, 7) is 5.50. The third kappa shape index (κ3) is 4.86. The van der Waals surface area contributed by atoms with E-state index < -0.39 is 0 Å². The van der Waals surface area contributed by atoms with Gasteiger partial charge >= 0.3 is 0 Å². The lowest BCUT2D eigenvalue weighted by Gasteiger charge is -2.10. The van der Waals surface area contributed by atoms with E-state index in [0.717, 1.165) is 5.69 Å². The van der Waals surface area contributed by atoms with E-state index in [1.807, 2.05) is 51.1 Å². The summed E-state index contributed by atoms with van der Waals surface area (Å²) in [5.41, 5.74) is 2.18. The predicted molar refractivity (Wildman–Crippen MR) is 111 cm³/mol. The summed E-state index contributed by atoms with van der Waals surface area (Å²) in [5, 5.41) is 7.46. The van der Waals surface area contributed by atoms with Crippen molar-refractivity contribution in [3.63, 3.8) is 0 Å². The van der Waals surface area contributed by atoms with Crippen LogP contribution in [0.25, 0.3) is 5.69 Å². The summed E-state index contributed by atoms with van der Waals surface area (Å²) >= 11 is 1.32. The highest BCUT2D eigenvalue weighted by Gasteiger charge is 2.19. The second kappa shape index (κ2) is 8.84. The maximum atomic E-state index is 12.7. The van der Waals surface area contributed by atoms with E-state index in [1.165, 1.54) is 11.8 Å². The maximum absolute atomic E-state index is 12.7. The lowest BCUT2D eigenvalue weighted by Crippen LogP contribution is -2.18. The fourth-order valence-electron chi connectivity index (χ4n) is 2.46. The molecule has 1 atom stereocenters. The number of ketones is 1. The molecule has 0 spiro atoms. The van der Waals surface area contributed by atoms with Crippen LogP contribution in [-0.2, 0) is 4.79 Å². The van der Waals surface area contributed by atoms with Crippen LogP contribution in [0.4, 0.5) is 5.69 Å². The molecule has 0 aliphatic carbocycles. The molecule has 0 radical (unpaired) electrons. The Balaban J connectivity index is 1.63. The topological polar surface area (TPSA) is 76.9 Å². The molecule has 144 valence electrons. The van der Waals surface area contributed by atoms with Crippen molar-refractivity contribution in [3.8, 4) is 5.69 Å². The Hall–Kier alpha value is -2.93. The summed E-state index contributed by atoms with van der Waals surface area (Å²) in [4.78, 5) is 28.7. The molecular weight excluding hydrogens is 372 g/mol. The third-order valence-electron chi connectivity index (χ3n) is 4.10. The van der Waals surface area contributed by atoms with Gasteiger partial charge < -0.3 is 5.32 Å². The van der Waals surface area contributed by atoms with Crippen LogP contribution in [0.5, 0.6) is 0 Å². The van der Waals surface area contributed by atoms with Crippen LogP contribution in [0.3, 0.4) is 0 Å². The minimum atomic E-state index is -0.331. The lowest BCUT2D eigenvalue weighted by atomic mass is 10.1. The normalized spacial score (nSPS) is 12.0. The molecule has 3 aromatic rings. The minimum absolute atomic E-state index is 0.0113. The molecule has 2 aromatic carbocycles. The van der Waals surface area contributed by atoms with Crippen molar-refractivity contribution in [2.24, 2.45) is 5.92 Å². The molecular formula is C21H22N4O2S. The number of nitrogens with one attached hydrogen (secondary N) is 1. The monoisotopic (exact) mass is 394 g/mol. The number of anilines is 1. The number of rotatable bonds is 7. The van der Waals surface area contributed by atoms with E-state index in [-0.39, 0.29) is 22.9 Å². The number of carbonyl (C=O) groups is 2. The first-order chi connectivity index (χ1) is 13.4. The van der Waals surface area contributed by atoms with Crippen LogP contribution >= 0.6 is 11.8 Å². The van der Waals surface area contributed by atoms with E-state index in [0.29, 0.717) is 16.4 Å². The van der Waals surface area contributed by atoms with Crippen LogP contribution < -0.4 is 5.32 Å². The average Bonchev–Trinajstić information content (AvgIpc) is 3.17.